The minimum atomic E-state index is -0.819. The van der Waals surface area contributed by atoms with Gasteiger partial charge in [-0.2, -0.15) is 0 Å². The molecule has 0 bridgehead atoms. The van der Waals surface area contributed by atoms with Crippen LogP contribution >= 0.6 is 0 Å². The largest absolute Gasteiger partial charge is 0.481 e. The van der Waals surface area contributed by atoms with Crippen molar-refractivity contribution >= 4 is 17.9 Å². The summed E-state index contributed by atoms with van der Waals surface area (Å²) in [7, 11) is 0. The Hall–Kier alpha value is -1.79. The molecule has 0 aromatic rings. The Morgan fingerprint density at radius 1 is 1.32 bits per heavy atom. The van der Waals surface area contributed by atoms with E-state index in [9.17, 15) is 14.4 Å². The Morgan fingerprint density at radius 2 is 2.00 bits per heavy atom. The van der Waals surface area contributed by atoms with Gasteiger partial charge in [0.05, 0.1) is 5.92 Å². The van der Waals surface area contributed by atoms with Crippen molar-refractivity contribution in [1.82, 2.24) is 16.0 Å². The van der Waals surface area contributed by atoms with E-state index < -0.39 is 18.0 Å². The molecule has 1 aliphatic carbocycles. The normalized spacial score (nSPS) is 23.5. The average molecular weight is 271 g/mol. The van der Waals surface area contributed by atoms with Crippen molar-refractivity contribution in [2.24, 2.45) is 5.92 Å². The molecular formula is C12H21N3O4. The lowest BCUT2D eigenvalue weighted by Crippen LogP contribution is -2.50. The molecule has 1 saturated carbocycles. The predicted molar refractivity (Wildman–Crippen MR) is 68.6 cm³/mol. The van der Waals surface area contributed by atoms with Crippen LogP contribution in [0.3, 0.4) is 0 Å². The summed E-state index contributed by atoms with van der Waals surface area (Å²) < 4.78 is 0. The maximum atomic E-state index is 11.6. The fraction of sp³-hybridized carbons (Fsp3) is 0.750. The molecule has 1 fully saturated rings. The van der Waals surface area contributed by atoms with E-state index in [4.69, 9.17) is 5.11 Å². The number of amides is 3. The van der Waals surface area contributed by atoms with Crippen LogP contribution in [0.15, 0.2) is 0 Å². The highest BCUT2D eigenvalue weighted by Crippen LogP contribution is 2.25. The molecule has 7 nitrogen and oxygen atoms in total. The van der Waals surface area contributed by atoms with E-state index in [1.54, 1.807) is 13.8 Å². The topological polar surface area (TPSA) is 108 Å². The second kappa shape index (κ2) is 6.96. The maximum absolute atomic E-state index is 11.6. The summed E-state index contributed by atoms with van der Waals surface area (Å²) in [4.78, 5) is 33.9. The fourth-order valence-corrected chi connectivity index (χ4v) is 2.15. The van der Waals surface area contributed by atoms with Gasteiger partial charge in [0.15, 0.2) is 0 Å². The summed E-state index contributed by atoms with van der Waals surface area (Å²) in [6.07, 6.45) is 1.67. The average Bonchev–Trinajstić information content (AvgIpc) is 2.77. The van der Waals surface area contributed by atoms with Crippen molar-refractivity contribution < 1.29 is 19.5 Å². The molecule has 0 radical (unpaired) electrons. The number of hydrogen-bond acceptors (Lipinski definition) is 3. The number of urea groups is 1. The van der Waals surface area contributed by atoms with Gasteiger partial charge in [-0.3, -0.25) is 9.59 Å². The van der Waals surface area contributed by atoms with Crippen molar-refractivity contribution in [3.05, 3.63) is 0 Å². The monoisotopic (exact) mass is 271 g/mol. The molecular weight excluding hydrogens is 250 g/mol. The van der Waals surface area contributed by atoms with Gasteiger partial charge in [0.2, 0.25) is 5.91 Å². The molecule has 0 spiro atoms. The molecule has 0 aromatic heterocycles. The minimum Gasteiger partial charge on any atom is -0.481 e. The first kappa shape index (κ1) is 15.3. The van der Waals surface area contributed by atoms with E-state index in [-0.39, 0.29) is 17.9 Å². The molecule has 0 heterocycles. The van der Waals surface area contributed by atoms with Crippen LogP contribution in [0, 0.1) is 5.92 Å². The van der Waals surface area contributed by atoms with Gasteiger partial charge in [0, 0.05) is 12.6 Å². The van der Waals surface area contributed by atoms with Crippen LogP contribution < -0.4 is 16.0 Å². The van der Waals surface area contributed by atoms with Crippen LogP contribution in [0.4, 0.5) is 4.79 Å². The van der Waals surface area contributed by atoms with E-state index in [0.29, 0.717) is 25.8 Å². The predicted octanol–water partition coefficient (Wildman–Crippen LogP) is 0.0635. The SMILES string of the molecule is CCNC(=O)C(C)NC(=O)NC1CCC(C(=O)O)C1. The second-order valence-electron chi connectivity index (χ2n) is 4.78. The third-order valence-electron chi connectivity index (χ3n) is 3.21. The van der Waals surface area contributed by atoms with Gasteiger partial charge in [-0.25, -0.2) is 4.79 Å². The quantitative estimate of drug-likeness (QED) is 0.567. The maximum Gasteiger partial charge on any atom is 0.315 e. The van der Waals surface area contributed by atoms with E-state index in [2.05, 4.69) is 16.0 Å². The minimum absolute atomic E-state index is 0.137. The molecule has 1 aliphatic rings. The third kappa shape index (κ3) is 4.76. The Bertz CT molecular complexity index is 359. The zero-order valence-electron chi connectivity index (χ0n) is 11.2. The number of hydrogen-bond donors (Lipinski definition) is 4. The molecule has 19 heavy (non-hydrogen) atoms. The summed E-state index contributed by atoms with van der Waals surface area (Å²) >= 11 is 0. The van der Waals surface area contributed by atoms with E-state index >= 15 is 0 Å². The first-order valence-corrected chi connectivity index (χ1v) is 6.51. The molecule has 7 heteroatoms. The van der Waals surface area contributed by atoms with E-state index in [1.165, 1.54) is 0 Å². The molecule has 3 atom stereocenters. The van der Waals surface area contributed by atoms with Gasteiger partial charge in [-0.15, -0.1) is 0 Å². The summed E-state index contributed by atoms with van der Waals surface area (Å²) in [5, 5.41) is 16.7. The van der Waals surface area contributed by atoms with Gasteiger partial charge in [0.1, 0.15) is 6.04 Å². The first-order chi connectivity index (χ1) is 8.93. The zero-order chi connectivity index (χ0) is 14.4. The molecule has 3 amide bonds. The van der Waals surface area contributed by atoms with Crippen molar-refractivity contribution in [3.63, 3.8) is 0 Å². The molecule has 0 saturated heterocycles. The van der Waals surface area contributed by atoms with Crippen molar-refractivity contribution in [1.29, 1.82) is 0 Å². The lowest BCUT2D eigenvalue weighted by Gasteiger charge is -2.17. The molecule has 0 aliphatic heterocycles. The Kier molecular flexibility index (Phi) is 5.59. The summed E-state index contributed by atoms with van der Waals surface area (Å²) in [6.45, 7) is 3.91. The Balaban J connectivity index is 2.32. The number of carboxylic acid groups (broad SMARTS) is 1. The van der Waals surface area contributed by atoms with Crippen LogP contribution in [0.2, 0.25) is 0 Å². The Morgan fingerprint density at radius 3 is 2.53 bits per heavy atom. The number of likely N-dealkylation sites (N-methyl/N-ethyl adjacent to an activating group) is 1. The van der Waals surface area contributed by atoms with Gasteiger partial charge in [0.25, 0.3) is 0 Å². The summed E-state index contributed by atoms with van der Waals surface area (Å²) in [5.41, 5.74) is 0. The molecule has 4 N–H and O–H groups in total. The number of carbonyl (C=O) groups is 3. The molecule has 1 rings (SSSR count). The van der Waals surface area contributed by atoms with Gasteiger partial charge in [-0.1, -0.05) is 0 Å². The van der Waals surface area contributed by atoms with E-state index in [1.807, 2.05) is 0 Å². The summed E-state index contributed by atoms with van der Waals surface area (Å²) in [6, 6.07) is -1.19. The second-order valence-corrected chi connectivity index (χ2v) is 4.78. The highest BCUT2D eigenvalue weighted by Gasteiger charge is 2.30. The van der Waals surface area contributed by atoms with Crippen molar-refractivity contribution in [2.75, 3.05) is 6.54 Å². The van der Waals surface area contributed by atoms with Crippen molar-refractivity contribution in [3.8, 4) is 0 Å². The van der Waals surface area contributed by atoms with Gasteiger partial charge in [-0.05, 0) is 33.1 Å². The number of rotatable bonds is 5. The number of carbonyl (C=O) groups excluding carboxylic acids is 2. The third-order valence-corrected chi connectivity index (χ3v) is 3.21. The number of aliphatic carboxylic acids is 1. The van der Waals surface area contributed by atoms with Gasteiger partial charge < -0.3 is 21.1 Å². The highest BCUT2D eigenvalue weighted by molar-refractivity contribution is 5.86. The number of carboxylic acids is 1. The smallest absolute Gasteiger partial charge is 0.315 e. The summed E-state index contributed by atoms with van der Waals surface area (Å²) in [5.74, 6) is -1.45. The lowest BCUT2D eigenvalue weighted by molar-refractivity contribution is -0.141. The number of nitrogens with one attached hydrogen (secondary N) is 3. The van der Waals surface area contributed by atoms with Crippen LogP contribution in [0.5, 0.6) is 0 Å². The molecule has 3 unspecified atom stereocenters. The standard InChI is InChI=1S/C12H21N3O4/c1-3-13-10(16)7(2)14-12(19)15-9-5-4-8(6-9)11(17)18/h7-9H,3-6H2,1-2H3,(H,13,16)(H,17,18)(H2,14,15,19). The lowest BCUT2D eigenvalue weighted by atomic mass is 10.1. The van der Waals surface area contributed by atoms with Crippen molar-refractivity contribution in [2.45, 2.75) is 45.2 Å². The van der Waals surface area contributed by atoms with Crippen LogP contribution in [-0.2, 0) is 9.59 Å². The van der Waals surface area contributed by atoms with E-state index in [0.717, 1.165) is 0 Å². The molecule has 108 valence electrons. The van der Waals surface area contributed by atoms with Crippen LogP contribution in [0.1, 0.15) is 33.1 Å². The zero-order valence-corrected chi connectivity index (χ0v) is 11.2. The van der Waals surface area contributed by atoms with Gasteiger partial charge >= 0.3 is 12.0 Å². The first-order valence-electron chi connectivity index (χ1n) is 6.51. The Labute approximate surface area is 112 Å². The van der Waals surface area contributed by atoms with Crippen LogP contribution in [-0.4, -0.2) is 41.6 Å². The van der Waals surface area contributed by atoms with Crippen LogP contribution in [0.25, 0.3) is 0 Å². The fourth-order valence-electron chi connectivity index (χ4n) is 2.15. The highest BCUT2D eigenvalue weighted by atomic mass is 16.4. The molecule has 0 aromatic carbocycles.